The van der Waals surface area contributed by atoms with Gasteiger partial charge in [0.1, 0.15) is 0 Å². The quantitative estimate of drug-likeness (QED) is 0.835. The van der Waals surface area contributed by atoms with Gasteiger partial charge in [0, 0.05) is 17.3 Å². The molecule has 0 saturated heterocycles. The second-order valence-corrected chi connectivity index (χ2v) is 4.70. The van der Waals surface area contributed by atoms with Crippen molar-refractivity contribution in [2.24, 2.45) is 0 Å². The Morgan fingerprint density at radius 2 is 2.24 bits per heavy atom. The first-order chi connectivity index (χ1) is 8.27. The molecule has 1 aromatic heterocycles. The van der Waals surface area contributed by atoms with Crippen LogP contribution in [-0.2, 0) is 5.75 Å². The average Bonchev–Trinajstić information content (AvgIpc) is 2.37. The number of carboxylic acids is 1. The van der Waals surface area contributed by atoms with Crippen molar-refractivity contribution in [3.05, 3.63) is 46.6 Å². The molecule has 1 aliphatic rings. The molecular weight excluding hydrogens is 234 g/mol. The van der Waals surface area contributed by atoms with Crippen molar-refractivity contribution in [1.29, 1.82) is 0 Å². The topological polar surface area (TPSA) is 50.2 Å². The van der Waals surface area contributed by atoms with E-state index >= 15 is 0 Å². The second-order valence-electron chi connectivity index (χ2n) is 3.81. The summed E-state index contributed by atoms with van der Waals surface area (Å²) in [6, 6.07) is 5.36. The normalized spacial score (nSPS) is 13.6. The molecule has 0 atom stereocenters. The summed E-state index contributed by atoms with van der Waals surface area (Å²) in [5.41, 5.74) is 2.38. The van der Waals surface area contributed by atoms with E-state index < -0.39 is 5.97 Å². The summed E-state index contributed by atoms with van der Waals surface area (Å²) in [6.07, 6.45) is 3.62. The Hall–Kier alpha value is -1.81. The van der Waals surface area contributed by atoms with Gasteiger partial charge in [0.2, 0.25) is 0 Å². The number of aromatic nitrogens is 1. The summed E-state index contributed by atoms with van der Waals surface area (Å²) in [5, 5.41) is 12.9. The van der Waals surface area contributed by atoms with E-state index in [9.17, 15) is 4.79 Å². The van der Waals surface area contributed by atoms with Crippen molar-refractivity contribution in [2.75, 3.05) is 0 Å². The van der Waals surface area contributed by atoms with Gasteiger partial charge in [-0.05, 0) is 28.5 Å². The smallest absolute Gasteiger partial charge is 0.336 e. The third-order valence-electron chi connectivity index (χ3n) is 2.85. The minimum atomic E-state index is -0.906. The molecule has 0 radical (unpaired) electrons. The Morgan fingerprint density at radius 3 is 3.06 bits per heavy atom. The van der Waals surface area contributed by atoms with Crippen LogP contribution in [0.3, 0.4) is 0 Å². The molecule has 0 bridgehead atoms. The summed E-state index contributed by atoms with van der Waals surface area (Å²) < 4.78 is 0. The van der Waals surface area contributed by atoms with Crippen LogP contribution in [0.1, 0.15) is 21.6 Å². The highest BCUT2D eigenvalue weighted by Gasteiger charge is 2.14. The number of benzene rings is 1. The predicted molar refractivity (Wildman–Crippen MR) is 69.0 cm³/mol. The summed E-state index contributed by atoms with van der Waals surface area (Å²) in [7, 11) is 0. The molecule has 17 heavy (non-hydrogen) atoms. The number of hydrogen-bond acceptors (Lipinski definition) is 3. The molecule has 2 heterocycles. The van der Waals surface area contributed by atoms with Gasteiger partial charge in [-0.15, -0.1) is 11.8 Å². The molecule has 3 rings (SSSR count). The fourth-order valence-electron chi connectivity index (χ4n) is 2.04. The van der Waals surface area contributed by atoms with Gasteiger partial charge in [-0.3, -0.25) is 4.98 Å². The van der Waals surface area contributed by atoms with E-state index in [0.29, 0.717) is 5.56 Å². The average molecular weight is 243 g/mol. The standard InChI is InChI=1S/C13H9NO2S/c15-13(16)9-3-1-2-8-10(9)6-14-12-4-5-17-7-11(8)12/h1-6H,7H2,(H,15,16). The van der Waals surface area contributed by atoms with Gasteiger partial charge in [-0.1, -0.05) is 12.1 Å². The molecular formula is C13H9NO2S. The van der Waals surface area contributed by atoms with Gasteiger partial charge in [0.15, 0.2) is 0 Å². The highest BCUT2D eigenvalue weighted by Crippen LogP contribution is 2.31. The molecule has 0 spiro atoms. The van der Waals surface area contributed by atoms with Crippen LogP contribution in [-0.4, -0.2) is 16.1 Å². The van der Waals surface area contributed by atoms with Gasteiger partial charge >= 0.3 is 5.97 Å². The number of fused-ring (bicyclic) bond motifs is 3. The first-order valence-corrected chi connectivity index (χ1v) is 6.24. The van der Waals surface area contributed by atoms with Crippen LogP contribution in [0.2, 0.25) is 0 Å². The molecule has 1 aliphatic heterocycles. The molecule has 4 heteroatoms. The van der Waals surface area contributed by atoms with E-state index in [1.807, 2.05) is 17.6 Å². The zero-order valence-electron chi connectivity index (χ0n) is 8.88. The van der Waals surface area contributed by atoms with Gasteiger partial charge in [0.05, 0.1) is 11.3 Å². The molecule has 0 aliphatic carbocycles. The van der Waals surface area contributed by atoms with Gasteiger partial charge < -0.3 is 5.11 Å². The summed E-state index contributed by atoms with van der Waals surface area (Å²) in [4.78, 5) is 15.5. The molecule has 0 amide bonds. The van der Waals surface area contributed by atoms with Crippen molar-refractivity contribution in [2.45, 2.75) is 5.75 Å². The third-order valence-corrected chi connectivity index (χ3v) is 3.64. The van der Waals surface area contributed by atoms with Crippen LogP contribution >= 0.6 is 11.8 Å². The molecule has 3 nitrogen and oxygen atoms in total. The van der Waals surface area contributed by atoms with Gasteiger partial charge in [-0.25, -0.2) is 4.79 Å². The molecule has 84 valence electrons. The number of thioether (sulfide) groups is 1. The maximum atomic E-state index is 11.1. The minimum absolute atomic E-state index is 0.317. The molecule has 1 N–H and O–H groups in total. The zero-order chi connectivity index (χ0) is 11.8. The zero-order valence-corrected chi connectivity index (χ0v) is 9.70. The lowest BCUT2D eigenvalue weighted by Gasteiger charge is -2.13. The molecule has 0 unspecified atom stereocenters. The lowest BCUT2D eigenvalue weighted by Crippen LogP contribution is -2.01. The number of carbonyl (C=O) groups is 1. The van der Waals surface area contributed by atoms with Crippen LogP contribution in [0, 0.1) is 0 Å². The molecule has 2 aromatic rings. The predicted octanol–water partition coefficient (Wildman–Crippen LogP) is 3.15. The van der Waals surface area contributed by atoms with Crippen molar-refractivity contribution in [1.82, 2.24) is 4.98 Å². The van der Waals surface area contributed by atoms with E-state index in [2.05, 4.69) is 4.98 Å². The lowest BCUT2D eigenvalue weighted by atomic mass is 10.0. The van der Waals surface area contributed by atoms with Gasteiger partial charge in [-0.2, -0.15) is 0 Å². The number of carboxylic acid groups (broad SMARTS) is 1. The van der Waals surface area contributed by atoms with E-state index in [4.69, 9.17) is 5.11 Å². The number of nitrogens with zero attached hydrogens (tertiary/aromatic N) is 1. The van der Waals surface area contributed by atoms with Crippen LogP contribution in [0.15, 0.2) is 29.8 Å². The highest BCUT2D eigenvalue weighted by atomic mass is 32.2. The first kappa shape index (κ1) is 10.4. The monoisotopic (exact) mass is 243 g/mol. The fraction of sp³-hybridized carbons (Fsp3) is 0.0769. The number of aromatic carboxylic acids is 1. The Morgan fingerprint density at radius 1 is 1.35 bits per heavy atom. The highest BCUT2D eigenvalue weighted by molar-refractivity contribution is 8.01. The van der Waals surface area contributed by atoms with Crippen molar-refractivity contribution in [3.8, 4) is 0 Å². The Bertz CT molecular complexity index is 649. The molecule has 0 fully saturated rings. The Balaban J connectivity index is 2.38. The maximum Gasteiger partial charge on any atom is 0.336 e. The number of rotatable bonds is 1. The largest absolute Gasteiger partial charge is 0.478 e. The maximum absolute atomic E-state index is 11.1. The Kier molecular flexibility index (Phi) is 2.37. The first-order valence-electron chi connectivity index (χ1n) is 5.19. The summed E-state index contributed by atoms with van der Waals surface area (Å²) in [6.45, 7) is 0. The van der Waals surface area contributed by atoms with Crippen LogP contribution in [0.25, 0.3) is 16.8 Å². The number of hydrogen-bond donors (Lipinski definition) is 1. The van der Waals surface area contributed by atoms with E-state index in [1.165, 1.54) is 0 Å². The van der Waals surface area contributed by atoms with Crippen LogP contribution in [0.4, 0.5) is 0 Å². The van der Waals surface area contributed by atoms with Gasteiger partial charge in [0.25, 0.3) is 0 Å². The third kappa shape index (κ3) is 1.61. The molecule has 0 saturated carbocycles. The summed E-state index contributed by atoms with van der Waals surface area (Å²) in [5.74, 6) is -0.0597. The SMILES string of the molecule is O=C(O)c1cccc2c3c(ncc12)C=CSC3. The lowest BCUT2D eigenvalue weighted by molar-refractivity contribution is 0.0699. The second kappa shape index (κ2) is 3.89. The van der Waals surface area contributed by atoms with Crippen molar-refractivity contribution in [3.63, 3.8) is 0 Å². The van der Waals surface area contributed by atoms with E-state index in [1.54, 1.807) is 30.1 Å². The summed E-state index contributed by atoms with van der Waals surface area (Å²) >= 11 is 1.70. The minimum Gasteiger partial charge on any atom is -0.478 e. The van der Waals surface area contributed by atoms with Crippen molar-refractivity contribution >= 4 is 34.6 Å². The Labute approximate surface area is 102 Å². The fourth-order valence-corrected chi connectivity index (χ4v) is 2.83. The van der Waals surface area contributed by atoms with Crippen LogP contribution < -0.4 is 0 Å². The van der Waals surface area contributed by atoms with Crippen LogP contribution in [0.5, 0.6) is 0 Å². The van der Waals surface area contributed by atoms with Crippen molar-refractivity contribution < 1.29 is 9.90 Å². The van der Waals surface area contributed by atoms with E-state index in [0.717, 1.165) is 27.8 Å². The van der Waals surface area contributed by atoms with E-state index in [-0.39, 0.29) is 0 Å². The number of pyridine rings is 1. The molecule has 1 aromatic carbocycles.